The minimum absolute atomic E-state index is 0.0407. The van der Waals surface area contributed by atoms with E-state index in [4.69, 9.17) is 4.74 Å². The van der Waals surface area contributed by atoms with E-state index in [9.17, 15) is 5.11 Å². The molecular weight excluding hydrogens is 308 g/mol. The fourth-order valence-corrected chi connectivity index (χ4v) is 3.89. The third-order valence-electron chi connectivity index (χ3n) is 4.47. The Morgan fingerprint density at radius 1 is 1.30 bits per heavy atom. The Balaban J connectivity index is 1.70. The summed E-state index contributed by atoms with van der Waals surface area (Å²) in [5, 5.41) is 9.99. The molecule has 23 heavy (non-hydrogen) atoms. The van der Waals surface area contributed by atoms with E-state index in [1.54, 1.807) is 11.3 Å². The van der Waals surface area contributed by atoms with Crippen molar-refractivity contribution in [3.05, 3.63) is 51.5 Å². The van der Waals surface area contributed by atoms with Crippen molar-refractivity contribution < 1.29 is 9.84 Å². The van der Waals surface area contributed by atoms with E-state index in [0.29, 0.717) is 6.61 Å². The number of ether oxygens (including phenoxy) is 1. The maximum atomic E-state index is 9.99. The molecule has 1 N–H and O–H groups in total. The van der Waals surface area contributed by atoms with Crippen LogP contribution in [-0.4, -0.2) is 46.9 Å². The van der Waals surface area contributed by atoms with E-state index in [2.05, 4.69) is 48.0 Å². The number of aliphatic hydroxyl groups is 1. The molecule has 5 heteroatoms. The first-order valence-electron chi connectivity index (χ1n) is 8.02. The average Bonchev–Trinajstić information content (AvgIpc) is 2.95. The predicted octanol–water partition coefficient (Wildman–Crippen LogP) is 2.57. The van der Waals surface area contributed by atoms with E-state index < -0.39 is 5.60 Å². The van der Waals surface area contributed by atoms with Crippen molar-refractivity contribution in [2.45, 2.75) is 32.4 Å². The molecule has 1 aromatic carbocycles. The first-order valence-corrected chi connectivity index (χ1v) is 8.90. The Bertz CT molecular complexity index is 641. The molecule has 2 heterocycles. The van der Waals surface area contributed by atoms with Crippen molar-refractivity contribution >= 4 is 11.3 Å². The molecule has 2 aromatic rings. The molecule has 1 fully saturated rings. The maximum absolute atomic E-state index is 9.99. The number of aryl methyl sites for hydroxylation is 2. The number of aromatic nitrogens is 1. The topological polar surface area (TPSA) is 45.6 Å². The fourth-order valence-electron chi connectivity index (χ4n) is 3.08. The van der Waals surface area contributed by atoms with Crippen molar-refractivity contribution in [3.8, 4) is 0 Å². The van der Waals surface area contributed by atoms with Crippen LogP contribution >= 0.6 is 11.3 Å². The number of rotatable bonds is 5. The van der Waals surface area contributed by atoms with Gasteiger partial charge in [0.2, 0.25) is 0 Å². The van der Waals surface area contributed by atoms with E-state index in [-0.39, 0.29) is 6.61 Å². The van der Waals surface area contributed by atoms with Crippen molar-refractivity contribution in [1.82, 2.24) is 9.88 Å². The molecule has 124 valence electrons. The van der Waals surface area contributed by atoms with Gasteiger partial charge >= 0.3 is 0 Å². The molecule has 0 bridgehead atoms. The SMILES string of the molecule is Cc1ccc(CC2(CO)CN(Cc3scnc3C)CCO2)cc1. The van der Waals surface area contributed by atoms with Crippen LogP contribution in [0.1, 0.15) is 21.7 Å². The molecule has 0 spiro atoms. The van der Waals surface area contributed by atoms with Gasteiger partial charge in [-0.05, 0) is 19.4 Å². The van der Waals surface area contributed by atoms with Crippen molar-refractivity contribution in [2.75, 3.05) is 26.3 Å². The van der Waals surface area contributed by atoms with Gasteiger partial charge in [0.1, 0.15) is 5.60 Å². The van der Waals surface area contributed by atoms with E-state index in [0.717, 1.165) is 31.7 Å². The highest BCUT2D eigenvalue weighted by atomic mass is 32.1. The van der Waals surface area contributed by atoms with Gasteiger partial charge in [-0.1, -0.05) is 29.8 Å². The lowest BCUT2D eigenvalue weighted by Crippen LogP contribution is -2.55. The number of nitrogens with zero attached hydrogens (tertiary/aromatic N) is 2. The van der Waals surface area contributed by atoms with Crippen molar-refractivity contribution in [3.63, 3.8) is 0 Å². The van der Waals surface area contributed by atoms with Crippen LogP contribution in [0, 0.1) is 13.8 Å². The van der Waals surface area contributed by atoms with Gasteiger partial charge < -0.3 is 9.84 Å². The molecule has 1 unspecified atom stereocenters. The van der Waals surface area contributed by atoms with Crippen LogP contribution in [0.15, 0.2) is 29.8 Å². The Labute approximate surface area is 141 Å². The fraction of sp³-hybridized carbons (Fsp3) is 0.500. The molecule has 0 aliphatic carbocycles. The lowest BCUT2D eigenvalue weighted by molar-refractivity contribution is -0.134. The van der Waals surface area contributed by atoms with Crippen LogP contribution in [0.5, 0.6) is 0 Å². The van der Waals surface area contributed by atoms with Crippen LogP contribution in [0.4, 0.5) is 0 Å². The third kappa shape index (κ3) is 3.98. The molecular formula is C18H24N2O2S. The number of thiazole rings is 1. The lowest BCUT2D eigenvalue weighted by Gasteiger charge is -2.42. The summed E-state index contributed by atoms with van der Waals surface area (Å²) in [6, 6.07) is 8.48. The summed E-state index contributed by atoms with van der Waals surface area (Å²) in [7, 11) is 0. The van der Waals surface area contributed by atoms with Gasteiger partial charge in [-0.3, -0.25) is 4.90 Å². The highest BCUT2D eigenvalue weighted by Gasteiger charge is 2.36. The van der Waals surface area contributed by atoms with Crippen LogP contribution in [0.3, 0.4) is 0 Å². The molecule has 1 aliphatic rings. The number of aliphatic hydroxyl groups excluding tert-OH is 1. The normalized spacial score (nSPS) is 22.4. The van der Waals surface area contributed by atoms with Gasteiger partial charge in [0.25, 0.3) is 0 Å². The second-order valence-electron chi connectivity index (χ2n) is 6.42. The minimum atomic E-state index is -0.508. The monoisotopic (exact) mass is 332 g/mol. The second-order valence-corrected chi connectivity index (χ2v) is 7.36. The zero-order valence-electron chi connectivity index (χ0n) is 13.8. The zero-order chi connectivity index (χ0) is 16.3. The largest absolute Gasteiger partial charge is 0.393 e. The minimum Gasteiger partial charge on any atom is -0.393 e. The first kappa shape index (κ1) is 16.6. The summed E-state index contributed by atoms with van der Waals surface area (Å²) in [6.45, 7) is 7.36. The van der Waals surface area contributed by atoms with E-state index in [1.807, 2.05) is 5.51 Å². The molecule has 3 rings (SSSR count). The molecule has 1 aliphatic heterocycles. The van der Waals surface area contributed by atoms with Gasteiger partial charge in [0.15, 0.2) is 0 Å². The Kier molecular flexibility index (Phi) is 5.11. The third-order valence-corrected chi connectivity index (χ3v) is 5.39. The first-order chi connectivity index (χ1) is 11.1. The Morgan fingerprint density at radius 3 is 2.74 bits per heavy atom. The summed E-state index contributed by atoms with van der Waals surface area (Å²) >= 11 is 1.70. The predicted molar refractivity (Wildman–Crippen MR) is 92.8 cm³/mol. The molecule has 4 nitrogen and oxygen atoms in total. The number of benzene rings is 1. The quantitative estimate of drug-likeness (QED) is 0.914. The van der Waals surface area contributed by atoms with Gasteiger partial charge in [-0.2, -0.15) is 0 Å². The smallest absolute Gasteiger partial charge is 0.108 e. The maximum Gasteiger partial charge on any atom is 0.108 e. The van der Waals surface area contributed by atoms with Crippen molar-refractivity contribution in [2.24, 2.45) is 0 Å². The van der Waals surface area contributed by atoms with Crippen LogP contribution < -0.4 is 0 Å². The molecule has 1 atom stereocenters. The standard InChI is InChI=1S/C18H24N2O2S/c1-14-3-5-16(6-4-14)9-18(12-21)11-20(7-8-22-18)10-17-15(2)19-13-23-17/h3-6,13,21H,7-12H2,1-2H3. The van der Waals surface area contributed by atoms with Crippen molar-refractivity contribution in [1.29, 1.82) is 0 Å². The summed E-state index contributed by atoms with van der Waals surface area (Å²) in [5.74, 6) is 0. The van der Waals surface area contributed by atoms with Crippen LogP contribution in [0.25, 0.3) is 0 Å². The molecule has 1 aromatic heterocycles. The molecule has 1 saturated heterocycles. The summed E-state index contributed by atoms with van der Waals surface area (Å²) in [4.78, 5) is 8.00. The van der Waals surface area contributed by atoms with E-state index in [1.165, 1.54) is 16.0 Å². The summed E-state index contributed by atoms with van der Waals surface area (Å²) in [5.41, 5.74) is 4.96. The van der Waals surface area contributed by atoms with Crippen LogP contribution in [0.2, 0.25) is 0 Å². The average molecular weight is 332 g/mol. The highest BCUT2D eigenvalue weighted by molar-refractivity contribution is 7.09. The summed E-state index contributed by atoms with van der Waals surface area (Å²) in [6.07, 6.45) is 0.738. The number of hydrogen-bond donors (Lipinski definition) is 1. The van der Waals surface area contributed by atoms with Gasteiger partial charge in [-0.15, -0.1) is 11.3 Å². The molecule has 0 radical (unpaired) electrons. The highest BCUT2D eigenvalue weighted by Crippen LogP contribution is 2.25. The Morgan fingerprint density at radius 2 is 2.09 bits per heavy atom. The lowest BCUT2D eigenvalue weighted by atomic mass is 9.92. The van der Waals surface area contributed by atoms with Gasteiger partial charge in [-0.25, -0.2) is 4.98 Å². The Hall–Kier alpha value is -1.27. The molecule has 0 saturated carbocycles. The van der Waals surface area contributed by atoms with Gasteiger partial charge in [0, 0.05) is 30.9 Å². The van der Waals surface area contributed by atoms with E-state index >= 15 is 0 Å². The van der Waals surface area contributed by atoms with Crippen LogP contribution in [-0.2, 0) is 17.7 Å². The summed E-state index contributed by atoms with van der Waals surface area (Å²) < 4.78 is 6.02. The number of hydrogen-bond acceptors (Lipinski definition) is 5. The zero-order valence-corrected chi connectivity index (χ0v) is 14.6. The second kappa shape index (κ2) is 7.09. The molecule has 0 amide bonds. The van der Waals surface area contributed by atoms with Gasteiger partial charge in [0.05, 0.1) is 24.4 Å². The number of morpholine rings is 1.